The van der Waals surface area contributed by atoms with E-state index in [-0.39, 0.29) is 18.4 Å². The number of morpholine rings is 1. The number of nitrogens with zero attached hydrogens (tertiary/aromatic N) is 4. The standard InChI is InChI=1S/C25H28ClN5O3/c1-3-29(25(33)23-16-27-31(18(23)2)22-6-4-5-19(26)15-22)17-24(32)28-20-7-9-21(10-8-20)30-11-13-34-14-12-30/h4-10,15-16H,3,11-14,17H2,1-2H3,(H,28,32). The zero-order chi connectivity index (χ0) is 24.1. The summed E-state index contributed by atoms with van der Waals surface area (Å²) in [7, 11) is 0. The Bertz CT molecular complexity index is 1160. The summed E-state index contributed by atoms with van der Waals surface area (Å²) >= 11 is 6.09. The van der Waals surface area contributed by atoms with E-state index in [1.165, 1.54) is 11.1 Å². The number of carbonyl (C=O) groups is 2. The lowest BCUT2D eigenvalue weighted by molar-refractivity contribution is -0.116. The van der Waals surface area contributed by atoms with Gasteiger partial charge in [-0.3, -0.25) is 9.59 Å². The summed E-state index contributed by atoms with van der Waals surface area (Å²) < 4.78 is 7.06. The van der Waals surface area contributed by atoms with Gasteiger partial charge in [-0.25, -0.2) is 4.68 Å². The van der Waals surface area contributed by atoms with Crippen LogP contribution in [0.2, 0.25) is 5.02 Å². The van der Waals surface area contributed by atoms with Gasteiger partial charge in [-0.05, 0) is 56.3 Å². The zero-order valence-electron chi connectivity index (χ0n) is 19.3. The van der Waals surface area contributed by atoms with Gasteiger partial charge in [0.25, 0.3) is 5.91 Å². The molecule has 8 nitrogen and oxygen atoms in total. The van der Waals surface area contributed by atoms with Gasteiger partial charge in [0.1, 0.15) is 6.54 Å². The summed E-state index contributed by atoms with van der Waals surface area (Å²) in [6, 6.07) is 15.0. The molecule has 1 aliphatic rings. The van der Waals surface area contributed by atoms with Crippen LogP contribution < -0.4 is 10.2 Å². The molecule has 1 N–H and O–H groups in total. The third kappa shape index (κ3) is 5.40. The fourth-order valence-corrected chi connectivity index (χ4v) is 4.12. The number of benzene rings is 2. The Kier molecular flexibility index (Phi) is 7.49. The van der Waals surface area contributed by atoms with Gasteiger partial charge in [0.15, 0.2) is 0 Å². The predicted molar refractivity (Wildman–Crippen MR) is 133 cm³/mol. The van der Waals surface area contributed by atoms with Gasteiger partial charge in [-0.2, -0.15) is 5.10 Å². The highest BCUT2D eigenvalue weighted by atomic mass is 35.5. The second kappa shape index (κ2) is 10.7. The molecule has 1 fully saturated rings. The minimum atomic E-state index is -0.255. The number of aromatic nitrogens is 2. The maximum absolute atomic E-state index is 13.2. The molecule has 34 heavy (non-hydrogen) atoms. The van der Waals surface area contributed by atoms with E-state index >= 15 is 0 Å². The second-order valence-electron chi connectivity index (χ2n) is 8.05. The minimum absolute atomic E-state index is 0.0532. The van der Waals surface area contributed by atoms with E-state index < -0.39 is 0 Å². The second-order valence-corrected chi connectivity index (χ2v) is 8.49. The van der Waals surface area contributed by atoms with Crippen molar-refractivity contribution in [1.82, 2.24) is 14.7 Å². The summed E-state index contributed by atoms with van der Waals surface area (Å²) in [4.78, 5) is 29.6. The van der Waals surface area contributed by atoms with Crippen molar-refractivity contribution in [2.45, 2.75) is 13.8 Å². The van der Waals surface area contributed by atoms with Crippen molar-refractivity contribution < 1.29 is 14.3 Å². The van der Waals surface area contributed by atoms with E-state index in [1.807, 2.05) is 50.2 Å². The maximum atomic E-state index is 13.2. The monoisotopic (exact) mass is 481 g/mol. The van der Waals surface area contributed by atoms with Gasteiger partial charge in [0.2, 0.25) is 5.91 Å². The van der Waals surface area contributed by atoms with Crippen molar-refractivity contribution >= 4 is 34.8 Å². The van der Waals surface area contributed by atoms with E-state index in [2.05, 4.69) is 15.3 Å². The summed E-state index contributed by atoms with van der Waals surface area (Å²) in [6.07, 6.45) is 1.53. The Morgan fingerprint density at radius 1 is 1.12 bits per heavy atom. The Balaban J connectivity index is 1.40. The quantitative estimate of drug-likeness (QED) is 0.555. The van der Waals surface area contributed by atoms with Crippen LogP contribution in [0.5, 0.6) is 0 Å². The molecule has 0 spiro atoms. The fourth-order valence-electron chi connectivity index (χ4n) is 3.94. The first-order valence-electron chi connectivity index (χ1n) is 11.3. The number of amides is 2. The summed E-state index contributed by atoms with van der Waals surface area (Å²) in [6.45, 7) is 7.16. The van der Waals surface area contributed by atoms with E-state index in [0.29, 0.717) is 28.5 Å². The number of carbonyl (C=O) groups excluding carboxylic acids is 2. The van der Waals surface area contributed by atoms with Crippen molar-refractivity contribution in [2.24, 2.45) is 0 Å². The summed E-state index contributed by atoms with van der Waals surface area (Å²) in [5.74, 6) is -0.500. The van der Waals surface area contributed by atoms with E-state index in [1.54, 1.807) is 16.8 Å². The van der Waals surface area contributed by atoms with Gasteiger partial charge in [-0.1, -0.05) is 17.7 Å². The van der Waals surface area contributed by atoms with Gasteiger partial charge in [0.05, 0.1) is 36.4 Å². The topological polar surface area (TPSA) is 79.7 Å². The molecule has 0 unspecified atom stereocenters. The third-order valence-corrected chi connectivity index (χ3v) is 6.06. The van der Waals surface area contributed by atoms with Crippen LogP contribution in [0.25, 0.3) is 5.69 Å². The van der Waals surface area contributed by atoms with Crippen LogP contribution in [0.15, 0.2) is 54.7 Å². The van der Waals surface area contributed by atoms with Gasteiger partial charge < -0.3 is 19.9 Å². The van der Waals surface area contributed by atoms with E-state index in [9.17, 15) is 9.59 Å². The van der Waals surface area contributed by atoms with Gasteiger partial charge in [-0.15, -0.1) is 0 Å². The van der Waals surface area contributed by atoms with E-state index in [4.69, 9.17) is 16.3 Å². The molecule has 1 saturated heterocycles. The van der Waals surface area contributed by atoms with Crippen LogP contribution >= 0.6 is 11.6 Å². The molecule has 3 aromatic rings. The van der Waals surface area contributed by atoms with Crippen molar-refractivity contribution in [3.63, 3.8) is 0 Å². The molecule has 0 radical (unpaired) electrons. The normalized spacial score (nSPS) is 13.6. The van der Waals surface area contributed by atoms with Crippen LogP contribution in [-0.2, 0) is 9.53 Å². The number of rotatable bonds is 7. The Hall–Kier alpha value is -3.36. The molecule has 0 atom stereocenters. The van der Waals surface area contributed by atoms with Gasteiger partial charge >= 0.3 is 0 Å². The van der Waals surface area contributed by atoms with Crippen molar-refractivity contribution in [1.29, 1.82) is 0 Å². The lowest BCUT2D eigenvalue weighted by Crippen LogP contribution is -2.38. The first-order chi connectivity index (χ1) is 16.5. The van der Waals surface area contributed by atoms with Crippen LogP contribution in [0, 0.1) is 6.92 Å². The number of ether oxygens (including phenoxy) is 1. The highest BCUT2D eigenvalue weighted by molar-refractivity contribution is 6.30. The number of halogens is 1. The smallest absolute Gasteiger partial charge is 0.257 e. The molecule has 178 valence electrons. The molecule has 0 aliphatic carbocycles. The molecular weight excluding hydrogens is 454 g/mol. The highest BCUT2D eigenvalue weighted by Gasteiger charge is 2.22. The lowest BCUT2D eigenvalue weighted by Gasteiger charge is -2.29. The maximum Gasteiger partial charge on any atom is 0.257 e. The number of hydrogen-bond donors (Lipinski definition) is 1. The summed E-state index contributed by atoms with van der Waals surface area (Å²) in [5.41, 5.74) is 3.69. The molecule has 1 aromatic heterocycles. The number of nitrogens with one attached hydrogen (secondary N) is 1. The van der Waals surface area contributed by atoms with Crippen LogP contribution in [0.4, 0.5) is 11.4 Å². The average Bonchev–Trinajstić information content (AvgIpc) is 3.24. The van der Waals surface area contributed by atoms with Crippen molar-refractivity contribution in [2.75, 3.05) is 49.6 Å². The Labute approximate surface area is 204 Å². The lowest BCUT2D eigenvalue weighted by atomic mass is 10.2. The molecule has 2 amide bonds. The molecule has 2 heterocycles. The predicted octanol–water partition coefficient (Wildman–Crippen LogP) is 3.77. The van der Waals surface area contributed by atoms with Crippen LogP contribution in [0.3, 0.4) is 0 Å². The zero-order valence-corrected chi connectivity index (χ0v) is 20.1. The average molecular weight is 482 g/mol. The molecule has 9 heteroatoms. The molecule has 2 aromatic carbocycles. The molecule has 1 aliphatic heterocycles. The van der Waals surface area contributed by atoms with Crippen molar-refractivity contribution in [3.05, 3.63) is 71.0 Å². The summed E-state index contributed by atoms with van der Waals surface area (Å²) in [5, 5.41) is 7.83. The third-order valence-electron chi connectivity index (χ3n) is 5.82. The molecule has 0 bridgehead atoms. The Morgan fingerprint density at radius 3 is 2.53 bits per heavy atom. The highest BCUT2D eigenvalue weighted by Crippen LogP contribution is 2.20. The first-order valence-corrected chi connectivity index (χ1v) is 11.7. The number of likely N-dealkylation sites (N-methyl/N-ethyl adjacent to an activating group) is 1. The molecule has 0 saturated carbocycles. The molecular formula is C25H28ClN5O3. The van der Waals surface area contributed by atoms with Gasteiger partial charge in [0, 0.05) is 36.0 Å². The largest absolute Gasteiger partial charge is 0.378 e. The Morgan fingerprint density at radius 2 is 1.85 bits per heavy atom. The molecule has 4 rings (SSSR count). The van der Waals surface area contributed by atoms with E-state index in [0.717, 1.165) is 37.7 Å². The van der Waals surface area contributed by atoms with Crippen LogP contribution in [0.1, 0.15) is 23.0 Å². The minimum Gasteiger partial charge on any atom is -0.378 e. The SMILES string of the molecule is CCN(CC(=O)Nc1ccc(N2CCOCC2)cc1)C(=O)c1cnn(-c2cccc(Cl)c2)c1C. The number of hydrogen-bond acceptors (Lipinski definition) is 5. The fraction of sp³-hybridized carbons (Fsp3) is 0.320. The van der Waals surface area contributed by atoms with Crippen LogP contribution in [-0.4, -0.2) is 65.9 Å². The van der Waals surface area contributed by atoms with Crippen molar-refractivity contribution in [3.8, 4) is 5.69 Å². The number of anilines is 2. The first kappa shape index (κ1) is 23.8.